The van der Waals surface area contributed by atoms with Crippen molar-refractivity contribution in [2.75, 3.05) is 0 Å². The number of carbonyl (C=O) groups excluding carboxylic acids is 2. The predicted molar refractivity (Wildman–Crippen MR) is 83.7 cm³/mol. The number of aromatic nitrogens is 1. The van der Waals surface area contributed by atoms with E-state index in [-0.39, 0.29) is 17.7 Å². The molecule has 1 saturated carbocycles. The van der Waals surface area contributed by atoms with E-state index in [1.807, 2.05) is 13.8 Å². The van der Waals surface area contributed by atoms with Gasteiger partial charge in [-0.2, -0.15) is 0 Å². The molecular weight excluding hydrogens is 264 g/mol. The summed E-state index contributed by atoms with van der Waals surface area (Å²) in [6, 6.07) is 0.227. The number of carbonyl (C=O) groups is 2. The van der Waals surface area contributed by atoms with Crippen LogP contribution in [-0.2, 0) is 0 Å². The number of amides is 1. The summed E-state index contributed by atoms with van der Waals surface area (Å²) in [4.78, 5) is 27.3. The standard InChI is InChI=1S/C17H26N2O2/c1-9-7-6-8-14(10(9)2)19-17(21)16-11(3)15(13(5)20)12(4)18-16/h9-10,14,18H,6-8H2,1-5H3,(H,19,21). The van der Waals surface area contributed by atoms with E-state index in [4.69, 9.17) is 0 Å². The Morgan fingerprint density at radius 3 is 2.43 bits per heavy atom. The maximum absolute atomic E-state index is 12.5. The summed E-state index contributed by atoms with van der Waals surface area (Å²) in [6.07, 6.45) is 3.44. The molecule has 1 aliphatic carbocycles. The van der Waals surface area contributed by atoms with Crippen LogP contribution in [0, 0.1) is 25.7 Å². The fourth-order valence-corrected chi connectivity index (χ4v) is 3.53. The number of aromatic amines is 1. The number of H-pyrrole nitrogens is 1. The van der Waals surface area contributed by atoms with Gasteiger partial charge in [-0.05, 0) is 44.6 Å². The molecule has 4 heteroatoms. The second kappa shape index (κ2) is 6.04. The molecule has 0 aliphatic heterocycles. The van der Waals surface area contributed by atoms with Crippen LogP contribution in [-0.4, -0.2) is 22.7 Å². The Morgan fingerprint density at radius 2 is 1.86 bits per heavy atom. The average molecular weight is 290 g/mol. The third-order valence-corrected chi connectivity index (χ3v) is 5.04. The first kappa shape index (κ1) is 15.8. The van der Waals surface area contributed by atoms with E-state index in [0.717, 1.165) is 24.1 Å². The lowest BCUT2D eigenvalue weighted by Gasteiger charge is -2.34. The number of hydrogen-bond acceptors (Lipinski definition) is 2. The Labute approximate surface area is 126 Å². The highest BCUT2D eigenvalue weighted by molar-refractivity contribution is 6.02. The van der Waals surface area contributed by atoms with Crippen LogP contribution in [0.5, 0.6) is 0 Å². The van der Waals surface area contributed by atoms with Crippen LogP contribution in [0.2, 0.25) is 0 Å². The van der Waals surface area contributed by atoms with Crippen molar-refractivity contribution >= 4 is 11.7 Å². The molecule has 3 atom stereocenters. The normalized spacial score (nSPS) is 25.7. The summed E-state index contributed by atoms with van der Waals surface area (Å²) >= 11 is 0. The molecule has 0 aromatic carbocycles. The molecule has 1 aromatic heterocycles. The summed E-state index contributed by atoms with van der Waals surface area (Å²) in [5.74, 6) is 1.05. The Balaban J connectivity index is 2.18. The zero-order valence-corrected chi connectivity index (χ0v) is 13.7. The number of aryl methyl sites for hydroxylation is 1. The average Bonchev–Trinajstić information content (AvgIpc) is 2.70. The molecule has 1 fully saturated rings. The molecule has 2 rings (SSSR count). The van der Waals surface area contributed by atoms with E-state index >= 15 is 0 Å². The first-order chi connectivity index (χ1) is 9.82. The molecule has 1 heterocycles. The number of Topliss-reactive ketones (excluding diaryl/α,β-unsaturated/α-hetero) is 1. The maximum atomic E-state index is 12.5. The minimum Gasteiger partial charge on any atom is -0.354 e. The molecule has 3 unspecified atom stereocenters. The van der Waals surface area contributed by atoms with Gasteiger partial charge >= 0.3 is 0 Å². The van der Waals surface area contributed by atoms with E-state index < -0.39 is 0 Å². The van der Waals surface area contributed by atoms with Crippen molar-refractivity contribution < 1.29 is 9.59 Å². The maximum Gasteiger partial charge on any atom is 0.268 e. The van der Waals surface area contributed by atoms with Crippen molar-refractivity contribution in [3.8, 4) is 0 Å². The largest absolute Gasteiger partial charge is 0.354 e. The van der Waals surface area contributed by atoms with E-state index in [9.17, 15) is 9.59 Å². The zero-order valence-electron chi connectivity index (χ0n) is 13.7. The van der Waals surface area contributed by atoms with Crippen molar-refractivity contribution in [1.82, 2.24) is 10.3 Å². The molecular formula is C17H26N2O2. The van der Waals surface area contributed by atoms with Crippen molar-refractivity contribution in [2.24, 2.45) is 11.8 Å². The van der Waals surface area contributed by atoms with Crippen LogP contribution in [0.25, 0.3) is 0 Å². The molecule has 116 valence electrons. The van der Waals surface area contributed by atoms with E-state index in [0.29, 0.717) is 23.1 Å². The van der Waals surface area contributed by atoms with Gasteiger partial charge in [-0.25, -0.2) is 0 Å². The van der Waals surface area contributed by atoms with Gasteiger partial charge in [0.1, 0.15) is 5.69 Å². The second-order valence-electron chi connectivity index (χ2n) is 6.53. The lowest BCUT2D eigenvalue weighted by Crippen LogP contribution is -2.44. The van der Waals surface area contributed by atoms with E-state index in [1.54, 1.807) is 0 Å². The van der Waals surface area contributed by atoms with Gasteiger partial charge in [0.15, 0.2) is 5.78 Å². The molecule has 1 aromatic rings. The number of rotatable bonds is 3. The minimum atomic E-state index is -0.0888. The van der Waals surface area contributed by atoms with Gasteiger partial charge in [-0.15, -0.1) is 0 Å². The van der Waals surface area contributed by atoms with E-state index in [1.165, 1.54) is 13.3 Å². The lowest BCUT2D eigenvalue weighted by atomic mass is 9.78. The van der Waals surface area contributed by atoms with Crippen LogP contribution in [0.1, 0.15) is 72.1 Å². The molecule has 4 nitrogen and oxygen atoms in total. The fourth-order valence-electron chi connectivity index (χ4n) is 3.53. The Kier molecular flexibility index (Phi) is 4.55. The summed E-state index contributed by atoms with van der Waals surface area (Å²) < 4.78 is 0. The van der Waals surface area contributed by atoms with Crippen LogP contribution in [0.15, 0.2) is 0 Å². The number of nitrogens with one attached hydrogen (secondary N) is 2. The Bertz CT molecular complexity index is 559. The topological polar surface area (TPSA) is 62.0 Å². The van der Waals surface area contributed by atoms with Crippen molar-refractivity contribution in [1.29, 1.82) is 0 Å². The van der Waals surface area contributed by atoms with Gasteiger partial charge in [0.2, 0.25) is 0 Å². The molecule has 2 N–H and O–H groups in total. The summed E-state index contributed by atoms with van der Waals surface area (Å²) in [7, 11) is 0. The predicted octanol–water partition coefficient (Wildman–Crippen LogP) is 3.39. The van der Waals surface area contributed by atoms with E-state index in [2.05, 4.69) is 24.1 Å². The van der Waals surface area contributed by atoms with Crippen LogP contribution in [0.4, 0.5) is 0 Å². The Morgan fingerprint density at radius 1 is 1.19 bits per heavy atom. The SMILES string of the molecule is CC(=O)c1c(C)[nH]c(C(=O)NC2CCCC(C)C2C)c1C. The molecule has 0 radical (unpaired) electrons. The highest BCUT2D eigenvalue weighted by Gasteiger charge is 2.29. The molecule has 1 amide bonds. The Hall–Kier alpha value is -1.58. The molecule has 1 aliphatic rings. The minimum absolute atomic E-state index is 0.0000401. The van der Waals surface area contributed by atoms with Crippen LogP contribution >= 0.6 is 0 Å². The summed E-state index contributed by atoms with van der Waals surface area (Å²) in [5, 5.41) is 3.15. The second-order valence-corrected chi connectivity index (χ2v) is 6.53. The summed E-state index contributed by atoms with van der Waals surface area (Å²) in [5.41, 5.74) is 2.71. The van der Waals surface area contributed by atoms with Crippen molar-refractivity contribution in [3.05, 3.63) is 22.5 Å². The van der Waals surface area contributed by atoms with Gasteiger partial charge in [0.25, 0.3) is 5.91 Å². The third kappa shape index (κ3) is 3.04. The smallest absolute Gasteiger partial charge is 0.268 e. The lowest BCUT2D eigenvalue weighted by molar-refractivity contribution is 0.0885. The van der Waals surface area contributed by atoms with Crippen LogP contribution in [0.3, 0.4) is 0 Å². The van der Waals surface area contributed by atoms with Crippen molar-refractivity contribution in [2.45, 2.75) is 59.9 Å². The van der Waals surface area contributed by atoms with Crippen LogP contribution < -0.4 is 5.32 Å². The van der Waals surface area contributed by atoms with Gasteiger partial charge in [-0.3, -0.25) is 9.59 Å². The first-order valence-corrected chi connectivity index (χ1v) is 7.83. The van der Waals surface area contributed by atoms with Crippen molar-refractivity contribution in [3.63, 3.8) is 0 Å². The summed E-state index contributed by atoms with van der Waals surface area (Å²) in [6.45, 7) is 9.67. The monoisotopic (exact) mass is 290 g/mol. The first-order valence-electron chi connectivity index (χ1n) is 7.83. The molecule has 0 bridgehead atoms. The molecule has 0 saturated heterocycles. The number of hydrogen-bond donors (Lipinski definition) is 2. The molecule has 21 heavy (non-hydrogen) atoms. The van der Waals surface area contributed by atoms with Gasteiger partial charge in [-0.1, -0.05) is 26.7 Å². The zero-order chi connectivity index (χ0) is 15.7. The van der Waals surface area contributed by atoms with Gasteiger partial charge < -0.3 is 10.3 Å². The molecule has 0 spiro atoms. The highest BCUT2D eigenvalue weighted by atomic mass is 16.2. The highest BCUT2D eigenvalue weighted by Crippen LogP contribution is 2.30. The van der Waals surface area contributed by atoms with Gasteiger partial charge in [0.05, 0.1) is 0 Å². The fraction of sp³-hybridized carbons (Fsp3) is 0.647. The third-order valence-electron chi connectivity index (χ3n) is 5.04. The van der Waals surface area contributed by atoms with Gasteiger partial charge in [0, 0.05) is 17.3 Å². The number of ketones is 1. The quantitative estimate of drug-likeness (QED) is 0.838.